The van der Waals surface area contributed by atoms with Crippen molar-refractivity contribution in [2.24, 2.45) is 4.99 Å². The standard InChI is InChI=1S/C26H20ClFI2N2O2S/c1-2-11-32-25(33)23(35-26(32)31-20-9-5-18(27)6-10-20)14-17-12-21(29)24(22(30)13-17)34-15-16-3-7-19(28)8-4-16/h3-10,12-14H,2,11,15H2,1H3/b23-14-,31-26?. The Morgan fingerprint density at radius 1 is 1.09 bits per heavy atom. The fraction of sp³-hybridized carbons (Fsp3) is 0.154. The zero-order valence-corrected chi connectivity index (χ0v) is 24.5. The first-order valence-corrected chi connectivity index (χ1v) is 14.1. The third-order valence-corrected chi connectivity index (χ3v) is 7.86. The second-order valence-corrected chi connectivity index (χ2v) is 11.4. The number of carbonyl (C=O) groups excluding carboxylic acids is 1. The van der Waals surface area contributed by atoms with Crippen LogP contribution in [0.3, 0.4) is 0 Å². The molecule has 0 radical (unpaired) electrons. The first kappa shape index (κ1) is 26.4. The summed E-state index contributed by atoms with van der Waals surface area (Å²) in [5, 5.41) is 1.30. The Morgan fingerprint density at radius 2 is 1.74 bits per heavy atom. The number of rotatable bonds is 7. The zero-order valence-electron chi connectivity index (χ0n) is 18.6. The fourth-order valence-corrected chi connectivity index (χ4v) is 6.60. The van der Waals surface area contributed by atoms with Crippen LogP contribution in [0.4, 0.5) is 10.1 Å². The van der Waals surface area contributed by atoms with E-state index in [1.165, 1.54) is 23.9 Å². The number of aliphatic imine (C=N–C) groups is 1. The smallest absolute Gasteiger partial charge is 0.266 e. The summed E-state index contributed by atoms with van der Waals surface area (Å²) in [5.41, 5.74) is 2.55. The number of amides is 1. The van der Waals surface area contributed by atoms with Crippen LogP contribution in [-0.2, 0) is 11.4 Å². The molecule has 180 valence electrons. The van der Waals surface area contributed by atoms with Crippen LogP contribution in [0.5, 0.6) is 5.75 Å². The second-order valence-electron chi connectivity index (χ2n) is 7.67. The van der Waals surface area contributed by atoms with Gasteiger partial charge in [0.2, 0.25) is 0 Å². The number of amidine groups is 1. The van der Waals surface area contributed by atoms with Gasteiger partial charge in [-0.3, -0.25) is 9.69 Å². The molecule has 0 atom stereocenters. The number of carbonyl (C=O) groups is 1. The van der Waals surface area contributed by atoms with Crippen molar-refractivity contribution in [3.05, 3.63) is 94.7 Å². The van der Waals surface area contributed by atoms with Crippen LogP contribution in [0.2, 0.25) is 5.02 Å². The van der Waals surface area contributed by atoms with Crippen molar-refractivity contribution in [1.29, 1.82) is 0 Å². The van der Waals surface area contributed by atoms with E-state index >= 15 is 0 Å². The quantitative estimate of drug-likeness (QED) is 0.182. The molecule has 1 amide bonds. The van der Waals surface area contributed by atoms with Crippen LogP contribution >= 0.6 is 68.5 Å². The predicted octanol–water partition coefficient (Wildman–Crippen LogP) is 8.28. The number of hydrogen-bond donors (Lipinski definition) is 0. The number of hydrogen-bond acceptors (Lipinski definition) is 4. The van der Waals surface area contributed by atoms with Crippen molar-refractivity contribution < 1.29 is 13.9 Å². The first-order valence-electron chi connectivity index (χ1n) is 10.8. The van der Waals surface area contributed by atoms with E-state index in [-0.39, 0.29) is 11.7 Å². The van der Waals surface area contributed by atoms with Gasteiger partial charge in [0, 0.05) is 11.6 Å². The molecule has 0 aromatic heterocycles. The third kappa shape index (κ3) is 6.78. The van der Waals surface area contributed by atoms with Gasteiger partial charge in [0.1, 0.15) is 18.2 Å². The molecule has 3 aromatic rings. The second kappa shape index (κ2) is 12.1. The monoisotopic (exact) mass is 732 g/mol. The van der Waals surface area contributed by atoms with Crippen molar-refractivity contribution in [3.8, 4) is 5.75 Å². The molecule has 0 saturated carbocycles. The molecule has 0 aliphatic carbocycles. The van der Waals surface area contributed by atoms with Crippen molar-refractivity contribution in [2.75, 3.05) is 6.54 Å². The average molecular weight is 733 g/mol. The Bertz CT molecular complexity index is 1270. The maximum Gasteiger partial charge on any atom is 0.266 e. The summed E-state index contributed by atoms with van der Waals surface area (Å²) in [5.74, 6) is 0.445. The number of ether oxygens (including phenoxy) is 1. The normalized spacial score (nSPS) is 15.9. The highest BCUT2D eigenvalue weighted by Gasteiger charge is 2.32. The number of halogens is 4. The summed E-state index contributed by atoms with van der Waals surface area (Å²) in [7, 11) is 0. The third-order valence-electron chi connectivity index (χ3n) is 5.00. The van der Waals surface area contributed by atoms with E-state index in [1.54, 1.807) is 29.2 Å². The van der Waals surface area contributed by atoms with Gasteiger partial charge in [-0.25, -0.2) is 9.38 Å². The molecule has 0 N–H and O–H groups in total. The molecule has 0 spiro atoms. The van der Waals surface area contributed by atoms with Gasteiger partial charge in [0.25, 0.3) is 5.91 Å². The Labute approximate surface area is 240 Å². The summed E-state index contributed by atoms with van der Waals surface area (Å²) >= 11 is 11.8. The largest absolute Gasteiger partial charge is 0.487 e. The minimum Gasteiger partial charge on any atom is -0.487 e. The van der Waals surface area contributed by atoms with Gasteiger partial charge in [-0.1, -0.05) is 30.7 Å². The van der Waals surface area contributed by atoms with Crippen LogP contribution in [0, 0.1) is 13.0 Å². The lowest BCUT2D eigenvalue weighted by Gasteiger charge is -2.14. The van der Waals surface area contributed by atoms with E-state index in [0.29, 0.717) is 28.2 Å². The van der Waals surface area contributed by atoms with Crippen molar-refractivity contribution in [1.82, 2.24) is 4.90 Å². The molecule has 1 aliphatic rings. The molecule has 1 saturated heterocycles. The Balaban J connectivity index is 1.56. The van der Waals surface area contributed by atoms with Crippen molar-refractivity contribution >= 4 is 91.4 Å². The lowest BCUT2D eigenvalue weighted by atomic mass is 10.2. The van der Waals surface area contributed by atoms with Crippen LogP contribution in [-0.4, -0.2) is 22.5 Å². The van der Waals surface area contributed by atoms with Gasteiger partial charge < -0.3 is 4.74 Å². The van der Waals surface area contributed by atoms with Gasteiger partial charge in [0.15, 0.2) is 5.17 Å². The van der Waals surface area contributed by atoms with Gasteiger partial charge in [-0.15, -0.1) is 0 Å². The average Bonchev–Trinajstić information content (AvgIpc) is 3.10. The number of benzene rings is 3. The highest BCUT2D eigenvalue weighted by molar-refractivity contribution is 14.1. The molecule has 35 heavy (non-hydrogen) atoms. The fourth-order valence-electron chi connectivity index (χ4n) is 3.33. The topological polar surface area (TPSA) is 41.9 Å². The SMILES string of the molecule is CCCN1C(=O)/C(=C/c2cc(I)c(OCc3ccc(F)cc3)c(I)c2)SC1=Nc1ccc(Cl)cc1. The van der Waals surface area contributed by atoms with Crippen molar-refractivity contribution in [2.45, 2.75) is 20.0 Å². The summed E-state index contributed by atoms with van der Waals surface area (Å²) in [6.45, 7) is 2.98. The van der Waals surface area contributed by atoms with E-state index in [9.17, 15) is 9.18 Å². The van der Waals surface area contributed by atoms with E-state index in [2.05, 4.69) is 50.2 Å². The van der Waals surface area contributed by atoms with E-state index in [4.69, 9.17) is 16.3 Å². The lowest BCUT2D eigenvalue weighted by Crippen LogP contribution is -2.29. The molecule has 1 heterocycles. The molecule has 4 rings (SSSR count). The van der Waals surface area contributed by atoms with Crippen LogP contribution in [0.25, 0.3) is 6.08 Å². The maximum atomic E-state index is 13.2. The van der Waals surface area contributed by atoms with Gasteiger partial charge >= 0.3 is 0 Å². The van der Waals surface area contributed by atoms with Gasteiger partial charge in [-0.05, 0) is 129 Å². The van der Waals surface area contributed by atoms with Crippen LogP contribution in [0.15, 0.2) is 70.6 Å². The minimum absolute atomic E-state index is 0.0498. The summed E-state index contributed by atoms with van der Waals surface area (Å²) in [4.78, 5) is 20.2. The number of nitrogens with zero attached hydrogens (tertiary/aromatic N) is 2. The zero-order chi connectivity index (χ0) is 24.9. The van der Waals surface area contributed by atoms with E-state index < -0.39 is 0 Å². The lowest BCUT2D eigenvalue weighted by molar-refractivity contribution is -0.122. The predicted molar refractivity (Wildman–Crippen MR) is 159 cm³/mol. The van der Waals surface area contributed by atoms with Gasteiger partial charge in [-0.2, -0.15) is 0 Å². The highest BCUT2D eigenvalue weighted by Crippen LogP contribution is 2.36. The minimum atomic E-state index is -0.270. The number of thioether (sulfide) groups is 1. The molecule has 0 unspecified atom stereocenters. The summed E-state index contributed by atoms with van der Waals surface area (Å²) in [6.07, 6.45) is 2.73. The Morgan fingerprint density at radius 3 is 2.37 bits per heavy atom. The molecule has 4 nitrogen and oxygen atoms in total. The molecule has 1 aliphatic heterocycles. The highest BCUT2D eigenvalue weighted by atomic mass is 127. The van der Waals surface area contributed by atoms with Crippen LogP contribution < -0.4 is 4.74 Å². The molecule has 3 aromatic carbocycles. The molecule has 1 fully saturated rings. The van der Waals surface area contributed by atoms with E-state index in [0.717, 1.165) is 36.1 Å². The van der Waals surface area contributed by atoms with Crippen molar-refractivity contribution in [3.63, 3.8) is 0 Å². The summed E-state index contributed by atoms with van der Waals surface area (Å²) in [6, 6.07) is 17.5. The molecular weight excluding hydrogens is 713 g/mol. The molecular formula is C26H20ClFI2N2O2S. The van der Waals surface area contributed by atoms with E-state index in [1.807, 2.05) is 37.3 Å². The molecule has 0 bridgehead atoms. The maximum absolute atomic E-state index is 13.2. The van der Waals surface area contributed by atoms with Gasteiger partial charge in [0.05, 0.1) is 17.7 Å². The Kier molecular flexibility index (Phi) is 9.12. The molecule has 9 heteroatoms. The first-order chi connectivity index (χ1) is 16.8. The Hall–Kier alpha value is -1.63. The van der Waals surface area contributed by atoms with Crippen LogP contribution in [0.1, 0.15) is 24.5 Å². The summed E-state index contributed by atoms with van der Waals surface area (Å²) < 4.78 is 21.0.